The average molecular weight is 446 g/mol. The molecule has 3 aliphatic rings. The van der Waals surface area contributed by atoms with Crippen molar-refractivity contribution in [1.29, 1.82) is 0 Å². The topological polar surface area (TPSA) is 99.0 Å². The third-order valence-corrected chi connectivity index (χ3v) is 7.11. The monoisotopic (exact) mass is 445 g/mol. The molecule has 3 saturated heterocycles. The van der Waals surface area contributed by atoms with Crippen LogP contribution in [-0.2, 0) is 11.2 Å². The van der Waals surface area contributed by atoms with E-state index in [-0.39, 0.29) is 23.8 Å². The van der Waals surface area contributed by atoms with Gasteiger partial charge >= 0.3 is 6.03 Å². The van der Waals surface area contributed by atoms with E-state index in [9.17, 15) is 14.4 Å². The number of carbonyl (C=O) groups is 3. The minimum absolute atomic E-state index is 0.0665. The number of hydrogen-bond donors (Lipinski definition) is 1. The number of nitrogens with one attached hydrogen (secondary N) is 1. The number of carbonyl (C=O) groups excluding carboxylic acids is 3. The average Bonchev–Trinajstić information content (AvgIpc) is 3.35. The van der Waals surface area contributed by atoms with Crippen molar-refractivity contribution in [3.63, 3.8) is 0 Å². The second-order valence-electron chi connectivity index (χ2n) is 9.43. The maximum absolute atomic E-state index is 13.2. The molecular formula is C23H35N5O4. The van der Waals surface area contributed by atoms with Crippen molar-refractivity contribution >= 4 is 17.8 Å². The van der Waals surface area contributed by atoms with Crippen LogP contribution in [-0.4, -0.2) is 82.5 Å². The van der Waals surface area contributed by atoms with Gasteiger partial charge < -0.3 is 19.6 Å². The van der Waals surface area contributed by atoms with Crippen LogP contribution >= 0.6 is 0 Å². The molecule has 9 heteroatoms. The highest BCUT2D eigenvalue weighted by Crippen LogP contribution is 2.31. The lowest BCUT2D eigenvalue weighted by molar-refractivity contribution is -0.133. The molecule has 0 aromatic carbocycles. The molecule has 0 aliphatic carbocycles. The largest absolute Gasteiger partial charge is 0.361 e. The zero-order valence-electron chi connectivity index (χ0n) is 19.3. The standard InChI is InChI=1S/C23H35N5O4/c1-3-5-18-15-19(25-32-18)20(29)27-11-6-17(7-12-27)16-28-21(30)23(24-22(28)31)8-13-26(10-4-2)14-9-23/h15,17H,3-14,16H2,1-2H3,(H,24,31). The lowest BCUT2D eigenvalue weighted by Gasteiger charge is -2.37. The Bertz CT molecular complexity index is 837. The van der Waals surface area contributed by atoms with E-state index in [0.717, 1.165) is 57.5 Å². The Labute approximate surface area is 189 Å². The van der Waals surface area contributed by atoms with E-state index in [1.807, 2.05) is 0 Å². The van der Waals surface area contributed by atoms with E-state index in [4.69, 9.17) is 4.52 Å². The van der Waals surface area contributed by atoms with Gasteiger partial charge in [0, 0.05) is 45.2 Å². The number of likely N-dealkylation sites (tertiary alicyclic amines) is 2. The van der Waals surface area contributed by atoms with Gasteiger partial charge in [0.05, 0.1) is 0 Å². The summed E-state index contributed by atoms with van der Waals surface area (Å²) in [6.07, 6.45) is 5.69. The van der Waals surface area contributed by atoms with Crippen LogP contribution in [0, 0.1) is 5.92 Å². The summed E-state index contributed by atoms with van der Waals surface area (Å²) in [6.45, 7) is 8.55. The van der Waals surface area contributed by atoms with Gasteiger partial charge in [-0.05, 0) is 51.0 Å². The third-order valence-electron chi connectivity index (χ3n) is 7.11. The van der Waals surface area contributed by atoms with Crippen LogP contribution in [0.4, 0.5) is 4.79 Å². The molecule has 9 nitrogen and oxygen atoms in total. The zero-order valence-corrected chi connectivity index (χ0v) is 19.3. The van der Waals surface area contributed by atoms with Crippen molar-refractivity contribution in [2.24, 2.45) is 5.92 Å². The maximum atomic E-state index is 13.2. The quantitative estimate of drug-likeness (QED) is 0.647. The Morgan fingerprint density at radius 3 is 2.53 bits per heavy atom. The maximum Gasteiger partial charge on any atom is 0.325 e. The van der Waals surface area contributed by atoms with Crippen molar-refractivity contribution < 1.29 is 18.9 Å². The number of piperidine rings is 2. The number of rotatable bonds is 7. The van der Waals surface area contributed by atoms with Crippen LogP contribution in [0.1, 0.15) is 68.6 Å². The molecule has 3 aliphatic heterocycles. The fourth-order valence-electron chi connectivity index (χ4n) is 5.17. The molecule has 1 N–H and O–H groups in total. The summed E-state index contributed by atoms with van der Waals surface area (Å²) < 4.78 is 5.24. The number of aromatic nitrogens is 1. The van der Waals surface area contributed by atoms with Gasteiger partial charge in [0.15, 0.2) is 5.69 Å². The fraction of sp³-hybridized carbons (Fsp3) is 0.739. The number of urea groups is 1. The third kappa shape index (κ3) is 4.53. The normalized spacial score (nSPS) is 22.1. The predicted octanol–water partition coefficient (Wildman–Crippen LogP) is 2.28. The number of imide groups is 1. The second kappa shape index (κ2) is 9.60. The molecule has 1 aromatic heterocycles. The minimum Gasteiger partial charge on any atom is -0.361 e. The van der Waals surface area contributed by atoms with Gasteiger partial charge in [-0.1, -0.05) is 19.0 Å². The van der Waals surface area contributed by atoms with Gasteiger partial charge in [0.2, 0.25) is 0 Å². The van der Waals surface area contributed by atoms with E-state index in [1.165, 1.54) is 4.90 Å². The molecule has 0 bridgehead atoms. The van der Waals surface area contributed by atoms with Crippen molar-refractivity contribution in [1.82, 2.24) is 25.2 Å². The van der Waals surface area contributed by atoms with E-state index in [2.05, 4.69) is 29.2 Å². The summed E-state index contributed by atoms with van der Waals surface area (Å²) in [6, 6.07) is 1.47. The fourth-order valence-corrected chi connectivity index (χ4v) is 5.17. The molecule has 0 radical (unpaired) electrons. The van der Waals surface area contributed by atoms with E-state index < -0.39 is 5.54 Å². The number of aryl methyl sites for hydroxylation is 1. The van der Waals surface area contributed by atoms with Crippen LogP contribution in [0.2, 0.25) is 0 Å². The van der Waals surface area contributed by atoms with E-state index in [1.54, 1.807) is 11.0 Å². The van der Waals surface area contributed by atoms with Crippen LogP contribution in [0.25, 0.3) is 0 Å². The Morgan fingerprint density at radius 1 is 1.16 bits per heavy atom. The summed E-state index contributed by atoms with van der Waals surface area (Å²) >= 11 is 0. The molecule has 4 rings (SSSR count). The molecule has 4 heterocycles. The molecule has 3 fully saturated rings. The van der Waals surface area contributed by atoms with Crippen molar-refractivity contribution in [2.75, 3.05) is 39.3 Å². The molecule has 176 valence electrons. The highest BCUT2D eigenvalue weighted by Gasteiger charge is 2.52. The minimum atomic E-state index is -0.721. The first kappa shape index (κ1) is 22.8. The first-order valence-corrected chi connectivity index (χ1v) is 12.1. The Balaban J connectivity index is 1.29. The first-order chi connectivity index (χ1) is 15.5. The number of amides is 4. The SMILES string of the molecule is CCCc1cc(C(=O)N2CCC(CN3C(=O)NC4(CCN(CCC)CC4)C3=O)CC2)no1. The van der Waals surface area contributed by atoms with Gasteiger partial charge in [-0.2, -0.15) is 0 Å². The Hall–Kier alpha value is -2.42. The zero-order chi connectivity index (χ0) is 22.7. The Kier molecular flexibility index (Phi) is 6.83. The van der Waals surface area contributed by atoms with Crippen LogP contribution in [0.3, 0.4) is 0 Å². The molecule has 1 aromatic rings. The molecule has 4 amide bonds. The van der Waals surface area contributed by atoms with E-state index in [0.29, 0.717) is 38.2 Å². The summed E-state index contributed by atoms with van der Waals surface area (Å²) in [4.78, 5) is 44.1. The van der Waals surface area contributed by atoms with Crippen molar-refractivity contribution in [2.45, 2.75) is 64.3 Å². The predicted molar refractivity (Wildman–Crippen MR) is 118 cm³/mol. The van der Waals surface area contributed by atoms with Gasteiger partial charge in [0.1, 0.15) is 11.3 Å². The Morgan fingerprint density at radius 2 is 1.88 bits per heavy atom. The van der Waals surface area contributed by atoms with Crippen molar-refractivity contribution in [3.8, 4) is 0 Å². The summed E-state index contributed by atoms with van der Waals surface area (Å²) in [7, 11) is 0. The number of nitrogens with zero attached hydrogens (tertiary/aromatic N) is 4. The van der Waals surface area contributed by atoms with Gasteiger partial charge in [-0.15, -0.1) is 0 Å². The summed E-state index contributed by atoms with van der Waals surface area (Å²) in [5.74, 6) is 0.765. The smallest absolute Gasteiger partial charge is 0.325 e. The molecule has 0 unspecified atom stereocenters. The van der Waals surface area contributed by atoms with Crippen LogP contribution < -0.4 is 5.32 Å². The highest BCUT2D eigenvalue weighted by molar-refractivity contribution is 6.07. The van der Waals surface area contributed by atoms with Crippen LogP contribution in [0.5, 0.6) is 0 Å². The first-order valence-electron chi connectivity index (χ1n) is 12.1. The van der Waals surface area contributed by atoms with E-state index >= 15 is 0 Å². The molecule has 1 spiro atoms. The number of hydrogen-bond acceptors (Lipinski definition) is 6. The van der Waals surface area contributed by atoms with Gasteiger partial charge in [-0.3, -0.25) is 14.5 Å². The summed E-state index contributed by atoms with van der Waals surface area (Å²) in [5.41, 5.74) is -0.362. The lowest BCUT2D eigenvalue weighted by Crippen LogP contribution is -2.55. The van der Waals surface area contributed by atoms with Gasteiger partial charge in [0.25, 0.3) is 11.8 Å². The van der Waals surface area contributed by atoms with Crippen molar-refractivity contribution in [3.05, 3.63) is 17.5 Å². The highest BCUT2D eigenvalue weighted by atomic mass is 16.5. The molecule has 0 atom stereocenters. The molecule has 32 heavy (non-hydrogen) atoms. The molecule has 0 saturated carbocycles. The van der Waals surface area contributed by atoms with Crippen LogP contribution in [0.15, 0.2) is 10.6 Å². The summed E-state index contributed by atoms with van der Waals surface area (Å²) in [5, 5.41) is 6.93. The molecular weight excluding hydrogens is 410 g/mol. The lowest BCUT2D eigenvalue weighted by atomic mass is 9.87. The van der Waals surface area contributed by atoms with Gasteiger partial charge in [-0.25, -0.2) is 4.79 Å². The second-order valence-corrected chi connectivity index (χ2v) is 9.43.